The van der Waals surface area contributed by atoms with E-state index in [1.165, 1.54) is 18.2 Å². The first-order valence-corrected chi connectivity index (χ1v) is 10.6. The molecule has 1 heterocycles. The molecule has 0 aliphatic heterocycles. The van der Waals surface area contributed by atoms with Crippen molar-refractivity contribution in [2.45, 2.75) is 11.1 Å². The maximum absolute atomic E-state index is 14.1. The number of nitrogens with zero attached hydrogens (tertiary/aromatic N) is 1. The largest absolute Gasteiger partial charge is 0.416 e. The number of imidazole rings is 1. The molecule has 0 saturated carbocycles. The molecule has 0 fully saturated rings. The molecule has 0 aliphatic carbocycles. The maximum Gasteiger partial charge on any atom is 0.416 e. The van der Waals surface area contributed by atoms with E-state index in [9.17, 15) is 26.0 Å². The van der Waals surface area contributed by atoms with Crippen LogP contribution in [-0.4, -0.2) is 24.6 Å². The van der Waals surface area contributed by atoms with E-state index < -0.39 is 27.4 Å². The van der Waals surface area contributed by atoms with E-state index in [-0.39, 0.29) is 10.4 Å². The topological polar surface area (TPSA) is 62.8 Å². The van der Waals surface area contributed by atoms with Crippen molar-refractivity contribution in [2.75, 3.05) is 6.26 Å². The van der Waals surface area contributed by atoms with E-state index >= 15 is 0 Å². The highest BCUT2D eigenvalue weighted by atomic mass is 32.2. The molecular weight excluding hydrogens is 420 g/mol. The lowest BCUT2D eigenvalue weighted by atomic mass is 10.0. The zero-order chi connectivity index (χ0) is 21.7. The summed E-state index contributed by atoms with van der Waals surface area (Å²) in [6.45, 7) is 0. The summed E-state index contributed by atoms with van der Waals surface area (Å²) in [5.41, 5.74) is 1.67. The van der Waals surface area contributed by atoms with Crippen LogP contribution in [0.5, 0.6) is 0 Å². The van der Waals surface area contributed by atoms with Crippen LogP contribution >= 0.6 is 0 Å². The number of benzene rings is 3. The number of halogens is 4. The van der Waals surface area contributed by atoms with Gasteiger partial charge in [0.1, 0.15) is 16.5 Å². The Balaban J connectivity index is 1.66. The Hall–Kier alpha value is -3.20. The second kappa shape index (κ2) is 6.94. The van der Waals surface area contributed by atoms with Gasteiger partial charge in [-0.2, -0.15) is 13.2 Å². The minimum absolute atomic E-state index is 0.197. The van der Waals surface area contributed by atoms with E-state index in [1.54, 1.807) is 24.3 Å². The molecule has 0 radical (unpaired) electrons. The van der Waals surface area contributed by atoms with E-state index in [0.29, 0.717) is 28.0 Å². The Labute approximate surface area is 169 Å². The van der Waals surface area contributed by atoms with E-state index in [0.717, 1.165) is 24.5 Å². The second-order valence-corrected chi connectivity index (χ2v) is 8.79. The zero-order valence-corrected chi connectivity index (χ0v) is 16.3. The fourth-order valence-electron chi connectivity index (χ4n) is 3.12. The summed E-state index contributed by atoms with van der Waals surface area (Å²) in [6, 6.07) is 13.9. The van der Waals surface area contributed by atoms with Gasteiger partial charge in [-0.1, -0.05) is 30.3 Å². The lowest BCUT2D eigenvalue weighted by Gasteiger charge is -2.06. The number of hydrogen-bond donors (Lipinski definition) is 1. The summed E-state index contributed by atoms with van der Waals surface area (Å²) in [6.07, 6.45) is -3.51. The van der Waals surface area contributed by atoms with Gasteiger partial charge in [-0.25, -0.2) is 17.8 Å². The van der Waals surface area contributed by atoms with Crippen molar-refractivity contribution in [1.82, 2.24) is 9.97 Å². The minimum Gasteiger partial charge on any atom is -0.338 e. The molecule has 1 aromatic heterocycles. The van der Waals surface area contributed by atoms with Gasteiger partial charge in [-0.3, -0.25) is 0 Å². The Morgan fingerprint density at radius 1 is 0.867 bits per heavy atom. The average molecular weight is 434 g/mol. The Morgan fingerprint density at radius 2 is 1.50 bits per heavy atom. The molecular formula is C21H14F4N2O2S. The SMILES string of the molecule is CS(=O)(=O)c1ccc(-c2ccc(-c3nc4cc(C(F)(F)F)ccc4[nH]3)cc2)cc1F. The van der Waals surface area contributed by atoms with Crippen LogP contribution in [0.15, 0.2) is 65.6 Å². The number of aromatic amines is 1. The fraction of sp³-hybridized carbons (Fsp3) is 0.0952. The predicted molar refractivity (Wildman–Crippen MR) is 105 cm³/mol. The molecule has 0 unspecified atom stereocenters. The summed E-state index contributed by atoms with van der Waals surface area (Å²) >= 11 is 0. The standard InChI is InChI=1S/C21H14F4N2O2S/c1-30(28,29)19-9-6-14(10-16(19)22)12-2-4-13(5-3-12)20-26-17-8-7-15(21(23,24)25)11-18(17)27-20/h2-11H,1H3,(H,26,27). The number of fused-ring (bicyclic) bond motifs is 1. The quantitative estimate of drug-likeness (QED) is 0.436. The molecule has 0 atom stereocenters. The molecule has 4 nitrogen and oxygen atoms in total. The lowest BCUT2D eigenvalue weighted by molar-refractivity contribution is -0.137. The smallest absolute Gasteiger partial charge is 0.338 e. The molecule has 4 rings (SSSR count). The first kappa shape index (κ1) is 20.1. The van der Waals surface area contributed by atoms with Crippen LogP contribution in [0.3, 0.4) is 0 Å². The number of H-pyrrole nitrogens is 1. The van der Waals surface area contributed by atoms with Gasteiger partial charge in [0.2, 0.25) is 0 Å². The van der Waals surface area contributed by atoms with Crippen LogP contribution in [0.4, 0.5) is 17.6 Å². The van der Waals surface area contributed by atoms with Crippen LogP contribution in [0.25, 0.3) is 33.5 Å². The summed E-state index contributed by atoms with van der Waals surface area (Å²) in [5.74, 6) is -0.439. The minimum atomic E-state index is -4.45. The van der Waals surface area contributed by atoms with Gasteiger partial charge in [0.25, 0.3) is 0 Å². The van der Waals surface area contributed by atoms with Crippen LogP contribution in [0, 0.1) is 5.82 Å². The van der Waals surface area contributed by atoms with Crippen molar-refractivity contribution >= 4 is 20.9 Å². The summed E-state index contributed by atoms with van der Waals surface area (Å²) in [5, 5.41) is 0. The molecule has 9 heteroatoms. The normalized spacial score (nSPS) is 12.4. The second-order valence-electron chi connectivity index (χ2n) is 6.81. The summed E-state index contributed by atoms with van der Waals surface area (Å²) in [7, 11) is -3.66. The fourth-order valence-corrected chi connectivity index (χ4v) is 3.85. The van der Waals surface area contributed by atoms with Gasteiger partial charge in [0.15, 0.2) is 9.84 Å². The number of aromatic nitrogens is 2. The molecule has 0 amide bonds. The van der Waals surface area contributed by atoms with E-state index in [2.05, 4.69) is 9.97 Å². The molecule has 3 aromatic carbocycles. The molecule has 1 N–H and O–H groups in total. The van der Waals surface area contributed by atoms with E-state index in [4.69, 9.17) is 0 Å². The Bertz CT molecular complexity index is 1360. The maximum atomic E-state index is 14.1. The number of sulfone groups is 1. The van der Waals surface area contributed by atoms with Crippen molar-refractivity contribution in [3.63, 3.8) is 0 Å². The monoisotopic (exact) mass is 434 g/mol. The highest BCUT2D eigenvalue weighted by molar-refractivity contribution is 7.90. The number of alkyl halides is 3. The first-order chi connectivity index (χ1) is 14.0. The van der Waals surface area contributed by atoms with Gasteiger partial charge < -0.3 is 4.98 Å². The van der Waals surface area contributed by atoms with Gasteiger partial charge in [0.05, 0.1) is 16.6 Å². The van der Waals surface area contributed by atoms with Gasteiger partial charge in [0, 0.05) is 11.8 Å². The number of nitrogens with one attached hydrogen (secondary N) is 1. The molecule has 0 saturated heterocycles. The molecule has 0 aliphatic rings. The predicted octanol–water partition coefficient (Wildman–Crippen LogP) is 5.46. The first-order valence-electron chi connectivity index (χ1n) is 8.70. The van der Waals surface area contributed by atoms with Crippen molar-refractivity contribution in [2.24, 2.45) is 0 Å². The van der Waals surface area contributed by atoms with Crippen molar-refractivity contribution in [3.8, 4) is 22.5 Å². The van der Waals surface area contributed by atoms with Crippen LogP contribution < -0.4 is 0 Å². The Kier molecular flexibility index (Phi) is 4.65. The van der Waals surface area contributed by atoms with Gasteiger partial charge in [-0.05, 0) is 41.5 Å². The van der Waals surface area contributed by atoms with Gasteiger partial charge >= 0.3 is 6.18 Å². The third-order valence-electron chi connectivity index (χ3n) is 4.63. The van der Waals surface area contributed by atoms with Crippen LogP contribution in [0.1, 0.15) is 5.56 Å². The highest BCUT2D eigenvalue weighted by Crippen LogP contribution is 2.32. The molecule has 30 heavy (non-hydrogen) atoms. The van der Waals surface area contributed by atoms with Crippen molar-refractivity contribution in [1.29, 1.82) is 0 Å². The van der Waals surface area contributed by atoms with Crippen LogP contribution in [-0.2, 0) is 16.0 Å². The number of rotatable bonds is 3. The average Bonchev–Trinajstić information content (AvgIpc) is 3.09. The number of hydrogen-bond acceptors (Lipinski definition) is 3. The molecule has 4 aromatic rings. The van der Waals surface area contributed by atoms with Crippen molar-refractivity contribution in [3.05, 3.63) is 72.0 Å². The third kappa shape index (κ3) is 3.80. The third-order valence-corrected chi connectivity index (χ3v) is 5.76. The molecule has 0 bridgehead atoms. The molecule has 0 spiro atoms. The van der Waals surface area contributed by atoms with Gasteiger partial charge in [-0.15, -0.1) is 0 Å². The summed E-state index contributed by atoms with van der Waals surface area (Å²) < 4.78 is 75.8. The zero-order valence-electron chi connectivity index (χ0n) is 15.5. The van der Waals surface area contributed by atoms with Crippen LogP contribution in [0.2, 0.25) is 0 Å². The summed E-state index contributed by atoms with van der Waals surface area (Å²) in [4.78, 5) is 6.84. The Morgan fingerprint density at radius 3 is 2.10 bits per heavy atom. The lowest BCUT2D eigenvalue weighted by Crippen LogP contribution is -2.04. The highest BCUT2D eigenvalue weighted by Gasteiger charge is 2.30. The van der Waals surface area contributed by atoms with E-state index in [1.807, 2.05) is 0 Å². The van der Waals surface area contributed by atoms with Crippen molar-refractivity contribution < 1.29 is 26.0 Å². The molecule has 154 valence electrons.